The third-order valence-electron chi connectivity index (χ3n) is 3.04. The molecule has 0 saturated carbocycles. The summed E-state index contributed by atoms with van der Waals surface area (Å²) in [7, 11) is 0. The van der Waals surface area contributed by atoms with E-state index in [-0.39, 0.29) is 29.9 Å². The fraction of sp³-hybridized carbons (Fsp3) is 0.412. The van der Waals surface area contributed by atoms with Crippen molar-refractivity contribution in [2.75, 3.05) is 13.1 Å². The van der Waals surface area contributed by atoms with Crippen molar-refractivity contribution in [3.63, 3.8) is 0 Å². The summed E-state index contributed by atoms with van der Waals surface area (Å²) in [6, 6.07) is 7.40. The highest BCUT2D eigenvalue weighted by Crippen LogP contribution is 2.06. The van der Waals surface area contributed by atoms with E-state index in [1.165, 1.54) is 0 Å². The molecule has 1 aromatic rings. The highest BCUT2D eigenvalue weighted by atomic mass is 127. The highest BCUT2D eigenvalue weighted by Gasteiger charge is 2.04. The summed E-state index contributed by atoms with van der Waals surface area (Å²) < 4.78 is 0. The molecular weight excluding hydrogens is 403 g/mol. The lowest BCUT2D eigenvalue weighted by Crippen LogP contribution is -2.32. The Kier molecular flexibility index (Phi) is 11.1. The van der Waals surface area contributed by atoms with Crippen LogP contribution in [0.3, 0.4) is 0 Å². The fourth-order valence-electron chi connectivity index (χ4n) is 1.72. The number of amides is 1. The van der Waals surface area contributed by atoms with Crippen LogP contribution in [0.25, 0.3) is 0 Å². The number of hydrogen-bond donors (Lipinski definition) is 3. The van der Waals surface area contributed by atoms with Crippen LogP contribution in [0.5, 0.6) is 0 Å². The molecule has 0 bridgehead atoms. The number of carbonyl (C=O) groups excluding carboxylic acids is 1. The minimum Gasteiger partial charge on any atom is -0.370 e. The molecule has 5 nitrogen and oxygen atoms in total. The highest BCUT2D eigenvalue weighted by molar-refractivity contribution is 14.0. The minimum atomic E-state index is -0.0360. The maximum Gasteiger partial charge on any atom is 0.251 e. The number of carbonyl (C=O) groups is 1. The van der Waals surface area contributed by atoms with Crippen molar-refractivity contribution < 1.29 is 4.79 Å². The second-order valence-corrected chi connectivity index (χ2v) is 5.32. The molecule has 0 spiro atoms. The lowest BCUT2D eigenvalue weighted by molar-refractivity contribution is 0.0953. The van der Waals surface area contributed by atoms with E-state index >= 15 is 0 Å². The van der Waals surface area contributed by atoms with Crippen LogP contribution in [0, 0.1) is 0 Å². The zero-order valence-corrected chi connectivity index (χ0v) is 16.2. The molecule has 1 aromatic carbocycles. The predicted octanol–water partition coefficient (Wildman–Crippen LogP) is 2.81. The van der Waals surface area contributed by atoms with E-state index in [4.69, 9.17) is 5.73 Å². The molecule has 1 rings (SSSR count). The summed E-state index contributed by atoms with van der Waals surface area (Å²) in [6.07, 6.45) is 2.06. The van der Waals surface area contributed by atoms with Crippen LogP contribution in [-0.4, -0.2) is 25.0 Å². The Bertz CT molecular complexity index is 526. The molecule has 0 radical (unpaired) electrons. The van der Waals surface area contributed by atoms with Crippen LogP contribution in [0.2, 0.25) is 0 Å². The maximum absolute atomic E-state index is 11.9. The van der Waals surface area contributed by atoms with E-state index in [1.807, 2.05) is 31.2 Å². The number of nitrogens with one attached hydrogen (secondary N) is 2. The van der Waals surface area contributed by atoms with Crippen molar-refractivity contribution in [1.29, 1.82) is 0 Å². The number of aliphatic imine (C=N–C) groups is 1. The third-order valence-corrected chi connectivity index (χ3v) is 3.04. The summed E-state index contributed by atoms with van der Waals surface area (Å²) in [5.41, 5.74) is 8.42. The largest absolute Gasteiger partial charge is 0.370 e. The normalized spacial score (nSPS) is 10.6. The van der Waals surface area contributed by atoms with Gasteiger partial charge in [0, 0.05) is 18.7 Å². The molecular formula is C17H27IN4O. The molecule has 4 N–H and O–H groups in total. The first-order chi connectivity index (χ1) is 10.5. The average molecular weight is 430 g/mol. The van der Waals surface area contributed by atoms with Crippen LogP contribution in [0.1, 0.15) is 42.6 Å². The zero-order valence-electron chi connectivity index (χ0n) is 13.9. The number of nitrogens with two attached hydrogens (primary N) is 1. The van der Waals surface area contributed by atoms with Crippen LogP contribution in [-0.2, 0) is 6.54 Å². The first kappa shape index (κ1) is 21.4. The number of guanidine groups is 1. The molecule has 0 heterocycles. The minimum absolute atomic E-state index is 0. The molecule has 0 saturated heterocycles. The van der Waals surface area contributed by atoms with Crippen LogP contribution >= 0.6 is 24.0 Å². The van der Waals surface area contributed by atoms with Gasteiger partial charge in [-0.25, -0.2) is 4.99 Å². The van der Waals surface area contributed by atoms with E-state index in [0.29, 0.717) is 31.2 Å². The van der Waals surface area contributed by atoms with E-state index < -0.39 is 0 Å². The molecule has 1 amide bonds. The summed E-state index contributed by atoms with van der Waals surface area (Å²) >= 11 is 0. The zero-order chi connectivity index (χ0) is 16.4. The molecule has 0 aromatic heterocycles. The third kappa shape index (κ3) is 9.22. The molecule has 0 aliphatic rings. The van der Waals surface area contributed by atoms with Gasteiger partial charge in [0.15, 0.2) is 5.96 Å². The van der Waals surface area contributed by atoms with Crippen LogP contribution in [0.15, 0.2) is 41.4 Å². The van der Waals surface area contributed by atoms with Crippen molar-refractivity contribution in [3.05, 3.63) is 47.5 Å². The Balaban J connectivity index is 0.00000484. The van der Waals surface area contributed by atoms with Crippen molar-refractivity contribution in [1.82, 2.24) is 10.6 Å². The van der Waals surface area contributed by atoms with E-state index in [2.05, 4.69) is 29.1 Å². The molecule has 0 aliphatic heterocycles. The summed E-state index contributed by atoms with van der Waals surface area (Å²) in [6.45, 7) is 9.61. The average Bonchev–Trinajstić information content (AvgIpc) is 2.51. The first-order valence-corrected chi connectivity index (χ1v) is 7.58. The van der Waals surface area contributed by atoms with Crippen molar-refractivity contribution in [3.8, 4) is 0 Å². The quantitative estimate of drug-likeness (QED) is 0.195. The Morgan fingerprint density at radius 2 is 1.91 bits per heavy atom. The monoisotopic (exact) mass is 430 g/mol. The van der Waals surface area contributed by atoms with Crippen LogP contribution in [0.4, 0.5) is 0 Å². The number of halogens is 1. The van der Waals surface area contributed by atoms with Gasteiger partial charge in [0.1, 0.15) is 0 Å². The molecule has 0 atom stereocenters. The number of rotatable bonds is 8. The topological polar surface area (TPSA) is 79.5 Å². The van der Waals surface area contributed by atoms with Crippen molar-refractivity contribution in [2.45, 2.75) is 33.2 Å². The van der Waals surface area contributed by atoms with Crippen molar-refractivity contribution in [2.24, 2.45) is 10.7 Å². The molecule has 23 heavy (non-hydrogen) atoms. The Hall–Kier alpha value is -1.57. The van der Waals surface area contributed by atoms with E-state index in [1.54, 1.807) is 0 Å². The van der Waals surface area contributed by atoms with Gasteiger partial charge < -0.3 is 16.4 Å². The fourth-order valence-corrected chi connectivity index (χ4v) is 1.72. The lowest BCUT2D eigenvalue weighted by atomic mass is 10.1. The number of unbranched alkanes of at least 4 members (excludes halogenated alkanes) is 1. The van der Waals surface area contributed by atoms with Gasteiger partial charge in [-0.15, -0.1) is 24.0 Å². The molecule has 6 heteroatoms. The summed E-state index contributed by atoms with van der Waals surface area (Å²) in [5.74, 6) is 0.357. The van der Waals surface area contributed by atoms with E-state index in [0.717, 1.165) is 24.0 Å². The number of hydrogen-bond acceptors (Lipinski definition) is 2. The second kappa shape index (κ2) is 11.9. The Morgan fingerprint density at radius 3 is 2.48 bits per heavy atom. The number of benzene rings is 1. The van der Waals surface area contributed by atoms with Crippen molar-refractivity contribution >= 4 is 35.8 Å². The maximum atomic E-state index is 11.9. The van der Waals surface area contributed by atoms with Gasteiger partial charge in [-0.05, 0) is 31.0 Å². The molecule has 128 valence electrons. The number of nitrogens with zero attached hydrogens (tertiary/aromatic N) is 1. The smallest absolute Gasteiger partial charge is 0.251 e. The SMILES string of the molecule is C=C(C)CNC(N)=NCc1ccc(C(=O)NCCCC)cc1.I. The van der Waals surface area contributed by atoms with Gasteiger partial charge in [0.2, 0.25) is 0 Å². The van der Waals surface area contributed by atoms with Gasteiger partial charge in [0.05, 0.1) is 6.54 Å². The standard InChI is InChI=1S/C17H26N4O.HI/c1-4-5-10-19-16(22)15-8-6-14(7-9-15)12-21-17(18)20-11-13(2)3;/h6-9H,2,4-5,10-12H2,1,3H3,(H,19,22)(H3,18,20,21);1H. The van der Waals surface area contributed by atoms with Gasteiger partial charge in [-0.2, -0.15) is 0 Å². The predicted molar refractivity (Wildman–Crippen MR) is 107 cm³/mol. The van der Waals surface area contributed by atoms with Crippen LogP contribution < -0.4 is 16.4 Å². The summed E-state index contributed by atoms with van der Waals surface area (Å²) in [5, 5.41) is 5.87. The van der Waals surface area contributed by atoms with Gasteiger partial charge in [-0.3, -0.25) is 4.79 Å². The summed E-state index contributed by atoms with van der Waals surface area (Å²) in [4.78, 5) is 16.1. The van der Waals surface area contributed by atoms with Gasteiger partial charge >= 0.3 is 0 Å². The molecule has 0 unspecified atom stereocenters. The Morgan fingerprint density at radius 1 is 1.26 bits per heavy atom. The molecule has 0 aliphatic carbocycles. The second-order valence-electron chi connectivity index (χ2n) is 5.32. The van der Waals surface area contributed by atoms with Gasteiger partial charge in [-0.1, -0.05) is 37.6 Å². The first-order valence-electron chi connectivity index (χ1n) is 7.58. The lowest BCUT2D eigenvalue weighted by Gasteiger charge is -2.06. The van der Waals surface area contributed by atoms with Gasteiger partial charge in [0.25, 0.3) is 5.91 Å². The molecule has 0 fully saturated rings. The van der Waals surface area contributed by atoms with E-state index in [9.17, 15) is 4.79 Å². The Labute approximate surface area is 155 Å².